The fraction of sp³-hybridized carbons (Fsp3) is 0.385. The van der Waals surface area contributed by atoms with Gasteiger partial charge in [0, 0.05) is 24.7 Å². The van der Waals surface area contributed by atoms with Crippen molar-refractivity contribution in [2.45, 2.75) is 19.4 Å². The summed E-state index contributed by atoms with van der Waals surface area (Å²) in [6, 6.07) is 2.06. The van der Waals surface area contributed by atoms with E-state index < -0.39 is 28.4 Å². The molecule has 1 atom stereocenters. The van der Waals surface area contributed by atoms with Gasteiger partial charge in [0.1, 0.15) is 11.9 Å². The highest BCUT2D eigenvalue weighted by Crippen LogP contribution is 2.20. The number of piperazine rings is 1. The minimum atomic E-state index is -0.859. The quantitative estimate of drug-likeness (QED) is 0.667. The topological polar surface area (TPSA) is 92.6 Å². The predicted octanol–water partition coefficient (Wildman–Crippen LogP) is 1.08. The molecule has 1 aromatic rings. The smallest absolute Gasteiger partial charge is 0.273 e. The van der Waals surface area contributed by atoms with Gasteiger partial charge in [0.25, 0.3) is 11.6 Å². The van der Waals surface area contributed by atoms with Crippen LogP contribution in [0.4, 0.5) is 10.1 Å². The van der Waals surface area contributed by atoms with Crippen molar-refractivity contribution < 1.29 is 18.9 Å². The van der Waals surface area contributed by atoms with Gasteiger partial charge in [-0.15, -0.1) is 0 Å². The van der Waals surface area contributed by atoms with Crippen LogP contribution in [0.3, 0.4) is 0 Å². The first-order valence-corrected chi connectivity index (χ1v) is 6.47. The zero-order valence-electron chi connectivity index (χ0n) is 11.3. The van der Waals surface area contributed by atoms with Crippen LogP contribution in [0.15, 0.2) is 18.2 Å². The van der Waals surface area contributed by atoms with E-state index >= 15 is 0 Å². The molecule has 0 bridgehead atoms. The first-order chi connectivity index (χ1) is 9.93. The van der Waals surface area contributed by atoms with Crippen molar-refractivity contribution in [3.63, 3.8) is 0 Å². The van der Waals surface area contributed by atoms with Crippen molar-refractivity contribution in [2.75, 3.05) is 13.1 Å². The van der Waals surface area contributed by atoms with E-state index in [9.17, 15) is 24.1 Å². The summed E-state index contributed by atoms with van der Waals surface area (Å²) in [5.74, 6) is -1.72. The van der Waals surface area contributed by atoms with E-state index in [1.54, 1.807) is 6.92 Å². The lowest BCUT2D eigenvalue weighted by atomic mass is 10.1. The number of nitro benzene ring substituents is 1. The van der Waals surface area contributed by atoms with Gasteiger partial charge in [-0.3, -0.25) is 19.7 Å². The van der Waals surface area contributed by atoms with Crippen LogP contribution < -0.4 is 5.32 Å². The molecule has 0 aliphatic carbocycles. The molecule has 1 heterocycles. The molecule has 0 aromatic heterocycles. The number of carbonyl (C=O) groups is 2. The number of amides is 2. The van der Waals surface area contributed by atoms with Crippen LogP contribution in [0, 0.1) is 15.9 Å². The summed E-state index contributed by atoms with van der Waals surface area (Å²) in [4.78, 5) is 35.4. The van der Waals surface area contributed by atoms with Crippen LogP contribution >= 0.6 is 0 Å². The minimum Gasteiger partial charge on any atom is -0.353 e. The van der Waals surface area contributed by atoms with Crippen molar-refractivity contribution in [1.29, 1.82) is 0 Å². The van der Waals surface area contributed by atoms with E-state index in [-0.39, 0.29) is 18.0 Å². The van der Waals surface area contributed by atoms with Crippen LogP contribution in [-0.4, -0.2) is 40.8 Å². The average molecular weight is 295 g/mol. The molecular formula is C13H14FN3O4. The van der Waals surface area contributed by atoms with Gasteiger partial charge < -0.3 is 10.2 Å². The first kappa shape index (κ1) is 14.9. The van der Waals surface area contributed by atoms with Gasteiger partial charge in [-0.1, -0.05) is 6.92 Å². The summed E-state index contributed by atoms with van der Waals surface area (Å²) in [5, 5.41) is 13.4. The molecule has 0 spiro atoms. The van der Waals surface area contributed by atoms with E-state index in [0.717, 1.165) is 18.2 Å². The van der Waals surface area contributed by atoms with Crippen LogP contribution in [0.25, 0.3) is 0 Å². The second-order valence-corrected chi connectivity index (χ2v) is 4.67. The molecule has 1 aliphatic heterocycles. The first-order valence-electron chi connectivity index (χ1n) is 6.47. The van der Waals surface area contributed by atoms with Gasteiger partial charge in [-0.2, -0.15) is 0 Å². The number of rotatable bonds is 3. The normalized spacial score (nSPS) is 18.3. The van der Waals surface area contributed by atoms with Crippen molar-refractivity contribution in [1.82, 2.24) is 10.2 Å². The lowest BCUT2D eigenvalue weighted by Crippen LogP contribution is -2.56. The number of nitrogens with one attached hydrogen (secondary N) is 1. The van der Waals surface area contributed by atoms with E-state index in [2.05, 4.69) is 5.32 Å². The fourth-order valence-corrected chi connectivity index (χ4v) is 2.33. The molecule has 1 fully saturated rings. The number of carbonyl (C=O) groups excluding carboxylic acids is 2. The summed E-state index contributed by atoms with van der Waals surface area (Å²) >= 11 is 0. The second-order valence-electron chi connectivity index (χ2n) is 4.67. The Morgan fingerprint density at radius 1 is 1.52 bits per heavy atom. The summed E-state index contributed by atoms with van der Waals surface area (Å²) in [6.07, 6.45) is 0.412. The van der Waals surface area contributed by atoms with Crippen molar-refractivity contribution >= 4 is 17.5 Å². The number of nitro groups is 1. The number of halogens is 1. The van der Waals surface area contributed by atoms with E-state index in [0.29, 0.717) is 13.0 Å². The summed E-state index contributed by atoms with van der Waals surface area (Å²) in [6.45, 7) is 2.34. The van der Waals surface area contributed by atoms with E-state index in [1.807, 2.05) is 0 Å². The Morgan fingerprint density at radius 2 is 2.24 bits per heavy atom. The van der Waals surface area contributed by atoms with Crippen LogP contribution in [-0.2, 0) is 4.79 Å². The van der Waals surface area contributed by atoms with Gasteiger partial charge in [-0.05, 0) is 12.5 Å². The molecule has 7 nitrogen and oxygen atoms in total. The highest BCUT2D eigenvalue weighted by Gasteiger charge is 2.32. The lowest BCUT2D eigenvalue weighted by molar-refractivity contribution is -0.385. The number of hydrogen-bond donors (Lipinski definition) is 1. The zero-order chi connectivity index (χ0) is 15.6. The molecule has 1 saturated heterocycles. The number of benzene rings is 1. The Labute approximate surface area is 119 Å². The molecule has 1 aromatic carbocycles. The zero-order valence-corrected chi connectivity index (χ0v) is 11.3. The van der Waals surface area contributed by atoms with Crippen molar-refractivity contribution in [3.8, 4) is 0 Å². The SMILES string of the molecule is CCC1C(=O)NCCN1C(=O)c1cc(F)cc([N+](=O)[O-])c1. The Kier molecular flexibility index (Phi) is 4.15. The summed E-state index contributed by atoms with van der Waals surface area (Å²) in [7, 11) is 0. The van der Waals surface area contributed by atoms with Crippen molar-refractivity contribution in [2.24, 2.45) is 0 Å². The molecule has 8 heteroatoms. The van der Waals surface area contributed by atoms with Crippen LogP contribution in [0.5, 0.6) is 0 Å². The predicted molar refractivity (Wildman–Crippen MR) is 71.2 cm³/mol. The fourth-order valence-electron chi connectivity index (χ4n) is 2.33. The van der Waals surface area contributed by atoms with Crippen LogP contribution in [0.1, 0.15) is 23.7 Å². The molecule has 0 radical (unpaired) electrons. The third kappa shape index (κ3) is 2.99. The maximum atomic E-state index is 13.4. The Balaban J connectivity index is 2.34. The molecule has 21 heavy (non-hydrogen) atoms. The minimum absolute atomic E-state index is 0.130. The largest absolute Gasteiger partial charge is 0.353 e. The third-order valence-corrected chi connectivity index (χ3v) is 3.32. The Hall–Kier alpha value is -2.51. The molecule has 0 saturated carbocycles. The van der Waals surface area contributed by atoms with Gasteiger partial charge >= 0.3 is 0 Å². The van der Waals surface area contributed by atoms with Gasteiger partial charge in [-0.25, -0.2) is 4.39 Å². The molecule has 1 aliphatic rings. The van der Waals surface area contributed by atoms with Crippen LogP contribution in [0.2, 0.25) is 0 Å². The highest BCUT2D eigenvalue weighted by atomic mass is 19.1. The number of nitrogens with zero attached hydrogens (tertiary/aromatic N) is 2. The molecule has 2 rings (SSSR count). The van der Waals surface area contributed by atoms with Gasteiger partial charge in [0.2, 0.25) is 5.91 Å². The second kappa shape index (κ2) is 5.86. The molecule has 112 valence electrons. The van der Waals surface area contributed by atoms with Gasteiger partial charge in [0.05, 0.1) is 11.0 Å². The Morgan fingerprint density at radius 3 is 2.86 bits per heavy atom. The van der Waals surface area contributed by atoms with Gasteiger partial charge in [0.15, 0.2) is 0 Å². The average Bonchev–Trinajstić information content (AvgIpc) is 2.45. The molecule has 1 unspecified atom stereocenters. The lowest BCUT2D eigenvalue weighted by Gasteiger charge is -2.34. The molecular weight excluding hydrogens is 281 g/mol. The maximum absolute atomic E-state index is 13.4. The standard InChI is InChI=1S/C13H14FN3O4/c1-2-11-12(18)15-3-4-16(11)13(19)8-5-9(14)7-10(6-8)17(20)21/h5-7,11H,2-4H2,1H3,(H,15,18). The monoisotopic (exact) mass is 295 g/mol. The molecule has 2 amide bonds. The number of hydrogen-bond acceptors (Lipinski definition) is 4. The van der Waals surface area contributed by atoms with Crippen molar-refractivity contribution in [3.05, 3.63) is 39.7 Å². The highest BCUT2D eigenvalue weighted by molar-refractivity contribution is 5.98. The summed E-state index contributed by atoms with van der Waals surface area (Å²) in [5.41, 5.74) is -0.622. The summed E-state index contributed by atoms with van der Waals surface area (Å²) < 4.78 is 13.4. The maximum Gasteiger partial charge on any atom is 0.273 e. The third-order valence-electron chi connectivity index (χ3n) is 3.32. The number of non-ortho nitro benzene ring substituents is 1. The molecule has 1 N–H and O–H groups in total. The van der Waals surface area contributed by atoms with E-state index in [1.165, 1.54) is 4.90 Å². The Bertz CT molecular complexity index is 605. The van der Waals surface area contributed by atoms with E-state index in [4.69, 9.17) is 0 Å².